The first-order valence-corrected chi connectivity index (χ1v) is 15.5. The van der Waals surface area contributed by atoms with E-state index >= 15 is 0 Å². The quantitative estimate of drug-likeness (QED) is 0.638. The van der Waals surface area contributed by atoms with E-state index in [0.717, 1.165) is 12.2 Å². The molecule has 0 radical (unpaired) electrons. The Morgan fingerprint density at radius 3 is 2.12 bits per heavy atom. The second-order valence-electron chi connectivity index (χ2n) is 9.51. The van der Waals surface area contributed by atoms with Gasteiger partial charge in [0, 0.05) is 0 Å². The van der Waals surface area contributed by atoms with Crippen LogP contribution in [0.4, 0.5) is 0 Å². The molecule has 0 heterocycles. The predicted molar refractivity (Wildman–Crippen MR) is 113 cm³/mol. The molecule has 0 aliphatic heterocycles. The largest absolute Gasteiger partial charge is 0.497 e. The van der Waals surface area contributed by atoms with Crippen molar-refractivity contribution >= 4 is 21.3 Å². The van der Waals surface area contributed by atoms with Gasteiger partial charge in [0.1, 0.15) is 13.8 Å². The third-order valence-corrected chi connectivity index (χ3v) is 11.3. The summed E-state index contributed by atoms with van der Waals surface area (Å²) in [6, 6.07) is 6.77. The van der Waals surface area contributed by atoms with Crippen LogP contribution in [0.25, 0.3) is 0 Å². The van der Waals surface area contributed by atoms with Crippen LogP contribution in [0, 0.1) is 0 Å². The highest BCUT2D eigenvalue weighted by molar-refractivity contribution is 6.98. The predicted octanol–water partition coefficient (Wildman–Crippen LogP) is 5.58. The van der Waals surface area contributed by atoms with Crippen LogP contribution < -0.4 is 9.92 Å². The van der Waals surface area contributed by atoms with Gasteiger partial charge in [-0.2, -0.15) is 0 Å². The Balaban J connectivity index is 2.67. The highest BCUT2D eigenvalue weighted by atomic mass is 28.3. The lowest BCUT2D eigenvalue weighted by Gasteiger charge is -2.33. The first-order valence-electron chi connectivity index (χ1n) is 8.99. The standard InChI is InChI=1S/C21H34OSi2/c1-21(2,3)16-12-10-15-19(20(16)22-4)24(8,9)18-14-11-13-17(18)23(5,6)7/h10-13,15H,14H2,1-9H3. The summed E-state index contributed by atoms with van der Waals surface area (Å²) in [7, 11) is -1.26. The van der Waals surface area contributed by atoms with Gasteiger partial charge in [0.05, 0.1) is 15.2 Å². The van der Waals surface area contributed by atoms with Crippen molar-refractivity contribution in [3.63, 3.8) is 0 Å². The van der Waals surface area contributed by atoms with E-state index in [9.17, 15) is 0 Å². The van der Waals surface area contributed by atoms with Crippen molar-refractivity contribution in [3.05, 3.63) is 46.3 Å². The van der Waals surface area contributed by atoms with E-state index < -0.39 is 16.1 Å². The van der Waals surface area contributed by atoms with E-state index in [-0.39, 0.29) is 5.41 Å². The van der Waals surface area contributed by atoms with Gasteiger partial charge < -0.3 is 4.74 Å². The fourth-order valence-electron chi connectivity index (χ4n) is 3.80. The van der Waals surface area contributed by atoms with E-state index in [1.165, 1.54) is 10.8 Å². The van der Waals surface area contributed by atoms with Crippen LogP contribution in [0.3, 0.4) is 0 Å². The number of rotatable bonds is 4. The molecule has 0 spiro atoms. The molecule has 2 rings (SSSR count). The molecule has 0 atom stereocenters. The van der Waals surface area contributed by atoms with Gasteiger partial charge in [-0.1, -0.05) is 94.3 Å². The molecule has 1 aliphatic rings. The molecule has 1 aliphatic carbocycles. The molecule has 0 N–H and O–H groups in total. The number of allylic oxidation sites excluding steroid dienone is 4. The molecule has 0 saturated carbocycles. The lowest BCUT2D eigenvalue weighted by Crippen LogP contribution is -2.46. The molecular weight excluding hydrogens is 324 g/mol. The monoisotopic (exact) mass is 358 g/mol. The van der Waals surface area contributed by atoms with E-state index in [2.05, 4.69) is 83.9 Å². The Hall–Kier alpha value is -1.07. The Kier molecular flexibility index (Phi) is 5.09. The summed E-state index contributed by atoms with van der Waals surface area (Å²) in [5.41, 5.74) is 1.42. The average Bonchev–Trinajstić information content (AvgIpc) is 2.95. The summed E-state index contributed by atoms with van der Waals surface area (Å²) >= 11 is 0. The van der Waals surface area contributed by atoms with E-state index in [0.29, 0.717) is 0 Å². The SMILES string of the molecule is COc1c(C(C)(C)C)cccc1[Si](C)(C)C1=C([Si](C)(C)C)C=CC1. The van der Waals surface area contributed by atoms with Crippen molar-refractivity contribution in [2.75, 3.05) is 7.11 Å². The van der Waals surface area contributed by atoms with Gasteiger partial charge in [-0.25, -0.2) is 0 Å². The van der Waals surface area contributed by atoms with Gasteiger partial charge in [-0.15, -0.1) is 0 Å². The first kappa shape index (κ1) is 19.3. The Morgan fingerprint density at radius 1 is 1.00 bits per heavy atom. The average molecular weight is 359 g/mol. The van der Waals surface area contributed by atoms with Gasteiger partial charge in [0.2, 0.25) is 0 Å². The third kappa shape index (κ3) is 3.47. The van der Waals surface area contributed by atoms with Crippen molar-refractivity contribution in [1.29, 1.82) is 0 Å². The summed E-state index contributed by atoms with van der Waals surface area (Å²) < 4.78 is 5.97. The Morgan fingerprint density at radius 2 is 1.62 bits per heavy atom. The van der Waals surface area contributed by atoms with E-state index in [1.807, 2.05) is 7.11 Å². The van der Waals surface area contributed by atoms with Crippen LogP contribution in [0.1, 0.15) is 32.8 Å². The number of benzene rings is 1. The minimum Gasteiger partial charge on any atom is -0.497 e. The van der Waals surface area contributed by atoms with Crippen LogP contribution in [0.5, 0.6) is 5.75 Å². The van der Waals surface area contributed by atoms with Crippen molar-refractivity contribution in [2.24, 2.45) is 0 Å². The zero-order chi connectivity index (χ0) is 18.3. The van der Waals surface area contributed by atoms with E-state index in [4.69, 9.17) is 4.74 Å². The zero-order valence-electron chi connectivity index (χ0n) is 17.0. The maximum atomic E-state index is 5.97. The highest BCUT2D eigenvalue weighted by Gasteiger charge is 2.38. The fourth-order valence-corrected chi connectivity index (χ4v) is 10.5. The van der Waals surface area contributed by atoms with Crippen LogP contribution >= 0.6 is 0 Å². The second kappa shape index (κ2) is 6.34. The summed E-state index contributed by atoms with van der Waals surface area (Å²) in [5, 5.41) is 4.83. The summed E-state index contributed by atoms with van der Waals surface area (Å²) in [6.07, 6.45) is 5.91. The van der Waals surface area contributed by atoms with Crippen molar-refractivity contribution < 1.29 is 4.74 Å². The summed E-state index contributed by atoms with van der Waals surface area (Å²) in [6.45, 7) is 19.2. The number of hydrogen-bond acceptors (Lipinski definition) is 1. The molecule has 0 aromatic heterocycles. The molecule has 1 aromatic rings. The lowest BCUT2D eigenvalue weighted by molar-refractivity contribution is 0.400. The van der Waals surface area contributed by atoms with Gasteiger partial charge in [0.25, 0.3) is 0 Å². The molecule has 3 heteroatoms. The van der Waals surface area contributed by atoms with Crippen molar-refractivity contribution in [2.45, 2.75) is 65.3 Å². The minimum absolute atomic E-state index is 0.0930. The molecule has 0 unspecified atom stereocenters. The van der Waals surface area contributed by atoms with Crippen LogP contribution in [0.2, 0.25) is 32.7 Å². The molecule has 0 amide bonds. The number of ether oxygens (including phenoxy) is 1. The summed E-state index contributed by atoms with van der Waals surface area (Å²) in [4.78, 5) is 0. The number of methoxy groups -OCH3 is 1. The van der Waals surface area contributed by atoms with Gasteiger partial charge in [-0.05, 0) is 22.6 Å². The van der Waals surface area contributed by atoms with Crippen molar-refractivity contribution in [1.82, 2.24) is 0 Å². The molecule has 132 valence electrons. The molecule has 1 nitrogen and oxygen atoms in total. The Labute approximate surface area is 150 Å². The molecule has 1 aromatic carbocycles. The van der Waals surface area contributed by atoms with Gasteiger partial charge in [-0.3, -0.25) is 0 Å². The topological polar surface area (TPSA) is 9.23 Å². The molecule has 24 heavy (non-hydrogen) atoms. The summed E-state index contributed by atoms with van der Waals surface area (Å²) in [5.74, 6) is 1.12. The second-order valence-corrected chi connectivity index (χ2v) is 18.9. The van der Waals surface area contributed by atoms with Crippen molar-refractivity contribution in [3.8, 4) is 5.75 Å². The molecule has 0 fully saturated rings. The molecule has 0 saturated heterocycles. The van der Waals surface area contributed by atoms with Crippen LogP contribution in [-0.2, 0) is 5.41 Å². The maximum Gasteiger partial charge on any atom is 0.122 e. The Bertz CT molecular complexity index is 683. The molecular formula is C21H34OSi2. The zero-order valence-corrected chi connectivity index (χ0v) is 19.0. The van der Waals surface area contributed by atoms with Gasteiger partial charge >= 0.3 is 0 Å². The first-order chi connectivity index (χ1) is 10.9. The smallest absolute Gasteiger partial charge is 0.122 e. The minimum atomic E-state index is -1.77. The number of para-hydroxylation sites is 1. The van der Waals surface area contributed by atoms with Crippen LogP contribution in [0.15, 0.2) is 40.7 Å². The maximum absolute atomic E-state index is 5.97. The molecule has 0 bridgehead atoms. The lowest BCUT2D eigenvalue weighted by atomic mass is 9.86. The normalized spacial score (nSPS) is 16.0. The highest BCUT2D eigenvalue weighted by Crippen LogP contribution is 2.37. The fraction of sp³-hybridized carbons (Fsp3) is 0.524. The van der Waals surface area contributed by atoms with Crippen LogP contribution in [-0.4, -0.2) is 23.3 Å². The van der Waals surface area contributed by atoms with E-state index in [1.54, 1.807) is 10.4 Å². The third-order valence-electron chi connectivity index (χ3n) is 5.19. The number of hydrogen-bond donors (Lipinski definition) is 0. The van der Waals surface area contributed by atoms with Gasteiger partial charge in [0.15, 0.2) is 0 Å².